The summed E-state index contributed by atoms with van der Waals surface area (Å²) in [5.41, 5.74) is 0. The molecule has 2 heteroatoms. The summed E-state index contributed by atoms with van der Waals surface area (Å²) in [5, 5.41) is 0. The molecular weight excluding hydrogens is 379 g/mol. The molecule has 0 aromatic rings. The number of unbranched alkanes of at least 4 members (excludes halogenated alkanes) is 6. The van der Waals surface area contributed by atoms with Gasteiger partial charge in [0.15, 0.2) is 0 Å². The molecular formula is C12H26AgI-2. The van der Waals surface area contributed by atoms with Gasteiger partial charge < -0.3 is 13.8 Å². The summed E-state index contributed by atoms with van der Waals surface area (Å²) in [4.78, 5) is 0. The van der Waals surface area contributed by atoms with E-state index in [1.54, 1.807) is 0 Å². The second-order valence-corrected chi connectivity index (χ2v) is 3.12. The monoisotopic (exact) mass is 404 g/mol. The average Bonchev–Trinajstić information content (AvgIpc) is 2.27. The average molecular weight is 405 g/mol. The standard InChI is InChI=1S/2C6H13.Ag.HI/c2*1-3-5-6-4-2;;/h2*1,3-6H2,2H3;;1H/q2*-1;+1;/p-1. The Morgan fingerprint density at radius 1 is 0.786 bits per heavy atom. The van der Waals surface area contributed by atoms with E-state index in [-0.39, 0.29) is 0 Å². The molecule has 0 aliphatic rings. The van der Waals surface area contributed by atoms with Crippen LogP contribution in [0, 0.1) is 13.8 Å². The maximum Gasteiger partial charge on any atom is -0.0560 e. The van der Waals surface area contributed by atoms with Crippen molar-refractivity contribution in [1.29, 1.82) is 0 Å². The van der Waals surface area contributed by atoms with E-state index in [4.69, 9.17) is 0 Å². The van der Waals surface area contributed by atoms with E-state index in [0.717, 1.165) is 12.8 Å². The summed E-state index contributed by atoms with van der Waals surface area (Å²) in [7, 11) is 0. The topological polar surface area (TPSA) is 0 Å². The summed E-state index contributed by atoms with van der Waals surface area (Å²) in [6.45, 7) is 11.9. The van der Waals surface area contributed by atoms with E-state index in [9.17, 15) is 0 Å². The maximum absolute atomic E-state index is 3.72. The molecule has 0 atom stereocenters. The number of halogens is 1. The van der Waals surface area contributed by atoms with Crippen molar-refractivity contribution >= 4 is 19.0 Å². The smallest absolute Gasteiger partial charge is 0.0560 e. The van der Waals surface area contributed by atoms with Gasteiger partial charge in [0, 0.05) is 0 Å². The molecule has 0 nitrogen and oxygen atoms in total. The molecule has 0 rings (SSSR count). The van der Waals surface area contributed by atoms with Crippen LogP contribution in [-0.2, 0) is 17.3 Å². The second kappa shape index (κ2) is 29.3. The van der Waals surface area contributed by atoms with Gasteiger partial charge in [-0.25, -0.2) is 0 Å². The fourth-order valence-corrected chi connectivity index (χ4v) is 0.854. The predicted molar refractivity (Wildman–Crippen MR) is 73.0 cm³/mol. The molecule has 0 unspecified atom stereocenters. The third kappa shape index (κ3) is 37.5. The first-order valence-corrected chi connectivity index (χ1v) is 9.94. The number of hydrogen-bond donors (Lipinski definition) is 0. The van der Waals surface area contributed by atoms with Gasteiger partial charge in [0.1, 0.15) is 0 Å². The Balaban J connectivity index is -0.000000147. The van der Waals surface area contributed by atoms with Gasteiger partial charge >= 0.3 is 36.3 Å². The Bertz CT molecular complexity index is 42.3. The first-order chi connectivity index (χ1) is 6.83. The SMILES string of the molecule is [Ag][I].[CH2-]CCCCC.[CH2-]CCCCC. The normalized spacial score (nSPS) is 8.21. The molecule has 0 saturated heterocycles. The minimum absolute atomic E-state index is 1.10. The number of rotatable bonds is 6. The largest absolute Gasteiger partial charge is 0.343 e. The molecule has 0 spiro atoms. The van der Waals surface area contributed by atoms with Gasteiger partial charge in [-0.15, -0.1) is 0 Å². The van der Waals surface area contributed by atoms with Gasteiger partial charge in [-0.3, -0.25) is 0 Å². The van der Waals surface area contributed by atoms with Crippen LogP contribution in [0.25, 0.3) is 0 Å². The molecule has 0 N–H and O–H groups in total. The van der Waals surface area contributed by atoms with Gasteiger partial charge in [-0.1, -0.05) is 52.4 Å². The fraction of sp³-hybridized carbons (Fsp3) is 0.833. The van der Waals surface area contributed by atoms with Crippen LogP contribution in [-0.4, -0.2) is 0 Å². The summed E-state index contributed by atoms with van der Waals surface area (Å²) < 4.78 is 0. The van der Waals surface area contributed by atoms with Crippen molar-refractivity contribution in [3.8, 4) is 0 Å². The molecule has 0 amide bonds. The van der Waals surface area contributed by atoms with Crippen LogP contribution in [0.2, 0.25) is 0 Å². The van der Waals surface area contributed by atoms with Crippen molar-refractivity contribution in [2.45, 2.75) is 65.2 Å². The predicted octanol–water partition coefficient (Wildman–Crippen LogP) is 5.68. The van der Waals surface area contributed by atoms with E-state index in [1.807, 2.05) is 19.0 Å². The van der Waals surface area contributed by atoms with Crippen molar-refractivity contribution in [2.75, 3.05) is 0 Å². The van der Waals surface area contributed by atoms with Gasteiger partial charge in [0.05, 0.1) is 0 Å². The summed E-state index contributed by atoms with van der Waals surface area (Å²) in [5.74, 6) is 0. The van der Waals surface area contributed by atoms with E-state index < -0.39 is 0 Å². The van der Waals surface area contributed by atoms with Crippen molar-refractivity contribution in [1.82, 2.24) is 0 Å². The fourth-order valence-electron chi connectivity index (χ4n) is 0.854. The molecule has 0 heterocycles. The van der Waals surface area contributed by atoms with Crippen LogP contribution < -0.4 is 0 Å². The zero-order valence-corrected chi connectivity index (χ0v) is 13.4. The van der Waals surface area contributed by atoms with E-state index in [1.165, 1.54) is 38.5 Å². The van der Waals surface area contributed by atoms with Crippen LogP contribution in [0.1, 0.15) is 65.2 Å². The van der Waals surface area contributed by atoms with Crippen LogP contribution in [0.5, 0.6) is 0 Å². The summed E-state index contributed by atoms with van der Waals surface area (Å²) in [6.07, 6.45) is 10.1. The molecule has 0 saturated carbocycles. The zero-order valence-electron chi connectivity index (χ0n) is 9.75. The Labute approximate surface area is 114 Å². The quantitative estimate of drug-likeness (QED) is 0.231. The minimum Gasteiger partial charge on any atom is -0.343 e. The molecule has 94 valence electrons. The van der Waals surface area contributed by atoms with Crippen molar-refractivity contribution in [2.24, 2.45) is 0 Å². The summed E-state index contributed by atoms with van der Waals surface area (Å²) >= 11 is 4.88. The van der Waals surface area contributed by atoms with Crippen LogP contribution in [0.15, 0.2) is 0 Å². The van der Waals surface area contributed by atoms with Gasteiger partial charge in [0.2, 0.25) is 0 Å². The molecule has 0 radical (unpaired) electrons. The molecule has 0 aliphatic heterocycles. The Kier molecular flexibility index (Phi) is 43.6. The van der Waals surface area contributed by atoms with Gasteiger partial charge in [0.25, 0.3) is 0 Å². The molecule has 0 aromatic heterocycles. The first kappa shape index (κ1) is 20.8. The third-order valence-corrected chi connectivity index (χ3v) is 1.71. The van der Waals surface area contributed by atoms with Crippen LogP contribution in [0.3, 0.4) is 0 Å². The van der Waals surface area contributed by atoms with Gasteiger partial charge in [-0.05, 0) is 0 Å². The van der Waals surface area contributed by atoms with Crippen molar-refractivity contribution < 1.29 is 17.3 Å². The molecule has 14 heavy (non-hydrogen) atoms. The van der Waals surface area contributed by atoms with Crippen LogP contribution in [0.4, 0.5) is 0 Å². The van der Waals surface area contributed by atoms with E-state index >= 15 is 0 Å². The number of hydrogen-bond acceptors (Lipinski definition) is 0. The maximum atomic E-state index is 3.72. The van der Waals surface area contributed by atoms with E-state index in [2.05, 4.69) is 44.9 Å². The zero-order chi connectivity index (χ0) is 11.7. The second-order valence-electron chi connectivity index (χ2n) is 3.12. The minimum atomic E-state index is 1.10. The first-order valence-electron chi connectivity index (χ1n) is 5.53. The van der Waals surface area contributed by atoms with Crippen molar-refractivity contribution in [3.05, 3.63) is 13.8 Å². The molecule has 0 bridgehead atoms. The summed E-state index contributed by atoms with van der Waals surface area (Å²) in [6, 6.07) is 0. The van der Waals surface area contributed by atoms with Crippen molar-refractivity contribution in [3.63, 3.8) is 0 Å². The molecule has 0 aromatic carbocycles. The Hall–Kier alpha value is 1.47. The third-order valence-electron chi connectivity index (χ3n) is 1.71. The Morgan fingerprint density at radius 3 is 1.14 bits per heavy atom. The molecule has 0 aliphatic carbocycles. The Morgan fingerprint density at radius 2 is 1.07 bits per heavy atom. The molecule has 0 fully saturated rings. The van der Waals surface area contributed by atoms with E-state index in [0.29, 0.717) is 0 Å². The van der Waals surface area contributed by atoms with Gasteiger partial charge in [-0.2, -0.15) is 12.8 Å². The van der Waals surface area contributed by atoms with Crippen LogP contribution >= 0.6 is 19.0 Å².